The maximum atomic E-state index is 12.7. The van der Waals surface area contributed by atoms with Gasteiger partial charge in [-0.05, 0) is 55.5 Å². The number of hydrogen-bond donors (Lipinski definition) is 1. The zero-order valence-corrected chi connectivity index (χ0v) is 16.9. The maximum Gasteiger partial charge on any atom is 0.271 e. The molecule has 0 radical (unpaired) electrons. The Kier molecular flexibility index (Phi) is 6.87. The number of benzene rings is 3. The van der Waals surface area contributed by atoms with E-state index in [1.165, 1.54) is 18.2 Å². The van der Waals surface area contributed by atoms with Crippen molar-refractivity contribution in [3.8, 4) is 11.5 Å². The van der Waals surface area contributed by atoms with Crippen LogP contribution in [0.2, 0.25) is 5.02 Å². The number of halogens is 1. The molecule has 0 atom stereocenters. The molecule has 0 spiro atoms. The lowest BCUT2D eigenvalue weighted by Crippen LogP contribution is -2.13. The second-order valence-corrected chi connectivity index (χ2v) is 6.70. The number of ether oxygens (including phenoxy) is 2. The molecule has 7 nitrogen and oxygen atoms in total. The molecule has 154 valence electrons. The monoisotopic (exact) mass is 426 g/mol. The zero-order chi connectivity index (χ0) is 21.5. The molecule has 0 aliphatic heterocycles. The predicted molar refractivity (Wildman–Crippen MR) is 114 cm³/mol. The number of amides is 1. The van der Waals surface area contributed by atoms with Crippen molar-refractivity contribution in [2.45, 2.75) is 13.5 Å². The lowest BCUT2D eigenvalue weighted by Gasteiger charge is -2.13. The van der Waals surface area contributed by atoms with E-state index < -0.39 is 10.8 Å². The minimum atomic E-state index is -0.515. The third-order valence-electron chi connectivity index (χ3n) is 4.15. The summed E-state index contributed by atoms with van der Waals surface area (Å²) < 4.78 is 11.4. The minimum Gasteiger partial charge on any atom is -0.493 e. The number of anilines is 1. The van der Waals surface area contributed by atoms with Crippen LogP contribution in [-0.4, -0.2) is 17.4 Å². The van der Waals surface area contributed by atoms with Crippen molar-refractivity contribution in [3.05, 3.63) is 93.0 Å². The second-order valence-electron chi connectivity index (χ2n) is 6.26. The molecular formula is C22H19ClN2O5. The molecule has 0 saturated carbocycles. The molecule has 3 aromatic rings. The molecule has 3 aromatic carbocycles. The van der Waals surface area contributed by atoms with Crippen LogP contribution in [0.4, 0.5) is 11.4 Å². The Morgan fingerprint density at radius 3 is 2.53 bits per heavy atom. The van der Waals surface area contributed by atoms with Crippen LogP contribution in [0.5, 0.6) is 11.5 Å². The van der Waals surface area contributed by atoms with E-state index in [9.17, 15) is 14.9 Å². The van der Waals surface area contributed by atoms with Gasteiger partial charge in [0, 0.05) is 34.0 Å². The first-order chi connectivity index (χ1) is 14.5. The molecule has 1 N–H and O–H groups in total. The van der Waals surface area contributed by atoms with E-state index in [4.69, 9.17) is 21.1 Å². The van der Waals surface area contributed by atoms with Gasteiger partial charge in [-0.25, -0.2) is 0 Å². The fraction of sp³-hybridized carbons (Fsp3) is 0.136. The topological polar surface area (TPSA) is 90.7 Å². The number of rotatable bonds is 8. The Morgan fingerprint density at radius 2 is 1.83 bits per heavy atom. The Morgan fingerprint density at radius 1 is 1.07 bits per heavy atom. The molecule has 0 aliphatic carbocycles. The highest BCUT2D eigenvalue weighted by atomic mass is 35.5. The number of nitro benzene ring substituents is 1. The van der Waals surface area contributed by atoms with Gasteiger partial charge in [0.25, 0.3) is 11.6 Å². The number of nitro groups is 1. The molecule has 0 bridgehead atoms. The van der Waals surface area contributed by atoms with E-state index in [-0.39, 0.29) is 12.3 Å². The van der Waals surface area contributed by atoms with E-state index in [1.807, 2.05) is 6.92 Å². The zero-order valence-electron chi connectivity index (χ0n) is 16.1. The standard InChI is InChI=1S/C22H19ClN2O5/c1-2-29-21-11-6-15(12-16(21)14-30-20-9-7-17(23)8-10-20)22(26)24-18-4-3-5-19(13-18)25(27)28/h3-13H,2,14H2,1H3,(H,24,26). The summed E-state index contributed by atoms with van der Waals surface area (Å²) in [6.45, 7) is 2.52. The van der Waals surface area contributed by atoms with Gasteiger partial charge in [-0.2, -0.15) is 0 Å². The highest BCUT2D eigenvalue weighted by molar-refractivity contribution is 6.30. The van der Waals surface area contributed by atoms with Gasteiger partial charge < -0.3 is 14.8 Å². The van der Waals surface area contributed by atoms with Crippen LogP contribution in [0.1, 0.15) is 22.8 Å². The number of carbonyl (C=O) groups excluding carboxylic acids is 1. The third kappa shape index (κ3) is 5.48. The van der Waals surface area contributed by atoms with Crippen molar-refractivity contribution in [1.29, 1.82) is 0 Å². The van der Waals surface area contributed by atoms with Gasteiger partial charge in [0.15, 0.2) is 0 Å². The predicted octanol–water partition coefficient (Wildman–Crippen LogP) is 5.48. The second kappa shape index (κ2) is 9.76. The number of nitrogens with one attached hydrogen (secondary N) is 1. The van der Waals surface area contributed by atoms with Crippen molar-refractivity contribution in [1.82, 2.24) is 0 Å². The summed E-state index contributed by atoms with van der Waals surface area (Å²) in [7, 11) is 0. The summed E-state index contributed by atoms with van der Waals surface area (Å²) in [5.74, 6) is 0.845. The maximum absolute atomic E-state index is 12.7. The molecule has 0 aromatic heterocycles. The Labute approximate surface area is 178 Å². The number of carbonyl (C=O) groups is 1. The highest BCUT2D eigenvalue weighted by Crippen LogP contribution is 2.25. The fourth-order valence-electron chi connectivity index (χ4n) is 2.72. The fourth-order valence-corrected chi connectivity index (χ4v) is 2.85. The highest BCUT2D eigenvalue weighted by Gasteiger charge is 2.13. The number of non-ortho nitro benzene ring substituents is 1. The Hall–Kier alpha value is -3.58. The van der Waals surface area contributed by atoms with Crippen molar-refractivity contribution in [3.63, 3.8) is 0 Å². The van der Waals surface area contributed by atoms with Gasteiger partial charge in [0.05, 0.1) is 11.5 Å². The molecule has 3 rings (SSSR count). The SMILES string of the molecule is CCOc1ccc(C(=O)Nc2cccc([N+](=O)[O-])c2)cc1COc1ccc(Cl)cc1. The van der Waals surface area contributed by atoms with Crippen molar-refractivity contribution >= 4 is 28.9 Å². The molecule has 1 amide bonds. The molecule has 30 heavy (non-hydrogen) atoms. The van der Waals surface area contributed by atoms with Gasteiger partial charge in [-0.1, -0.05) is 17.7 Å². The van der Waals surface area contributed by atoms with E-state index in [1.54, 1.807) is 48.5 Å². The van der Waals surface area contributed by atoms with Crippen LogP contribution in [0.25, 0.3) is 0 Å². The van der Waals surface area contributed by atoms with Gasteiger partial charge >= 0.3 is 0 Å². The average molecular weight is 427 g/mol. The largest absolute Gasteiger partial charge is 0.493 e. The summed E-state index contributed by atoms with van der Waals surface area (Å²) >= 11 is 5.89. The Balaban J connectivity index is 1.78. The lowest BCUT2D eigenvalue weighted by atomic mass is 10.1. The Bertz CT molecular complexity index is 1050. The van der Waals surface area contributed by atoms with Crippen molar-refractivity contribution < 1.29 is 19.2 Å². The molecule has 0 heterocycles. The van der Waals surface area contributed by atoms with Crippen LogP contribution in [0.3, 0.4) is 0 Å². The molecular weight excluding hydrogens is 408 g/mol. The van der Waals surface area contributed by atoms with E-state index >= 15 is 0 Å². The first-order valence-electron chi connectivity index (χ1n) is 9.16. The van der Waals surface area contributed by atoms with Crippen LogP contribution >= 0.6 is 11.6 Å². The normalized spacial score (nSPS) is 10.3. The number of hydrogen-bond acceptors (Lipinski definition) is 5. The minimum absolute atomic E-state index is 0.100. The van der Waals surface area contributed by atoms with Crippen LogP contribution < -0.4 is 14.8 Å². The molecule has 0 aliphatic rings. The molecule has 8 heteroatoms. The lowest BCUT2D eigenvalue weighted by molar-refractivity contribution is -0.384. The van der Waals surface area contributed by atoms with E-state index in [0.29, 0.717) is 39.9 Å². The first-order valence-corrected chi connectivity index (χ1v) is 9.54. The summed E-state index contributed by atoms with van der Waals surface area (Å²) in [5.41, 5.74) is 1.30. The van der Waals surface area contributed by atoms with E-state index in [0.717, 1.165) is 0 Å². The average Bonchev–Trinajstić information content (AvgIpc) is 2.74. The first kappa shape index (κ1) is 21.1. The van der Waals surface area contributed by atoms with Crippen LogP contribution in [0.15, 0.2) is 66.7 Å². The third-order valence-corrected chi connectivity index (χ3v) is 4.40. The van der Waals surface area contributed by atoms with E-state index in [2.05, 4.69) is 5.32 Å². The summed E-state index contributed by atoms with van der Waals surface area (Å²) in [4.78, 5) is 23.1. The van der Waals surface area contributed by atoms with Gasteiger partial charge in [-0.3, -0.25) is 14.9 Å². The summed E-state index contributed by atoms with van der Waals surface area (Å²) in [5, 5.41) is 14.2. The summed E-state index contributed by atoms with van der Waals surface area (Å²) in [6.07, 6.45) is 0. The molecule has 0 fully saturated rings. The van der Waals surface area contributed by atoms with Gasteiger partial charge in [0.2, 0.25) is 0 Å². The number of nitrogens with zero attached hydrogens (tertiary/aromatic N) is 1. The quantitative estimate of drug-likeness (QED) is 0.380. The van der Waals surface area contributed by atoms with Crippen LogP contribution in [-0.2, 0) is 6.61 Å². The molecule has 0 saturated heterocycles. The van der Waals surface area contributed by atoms with Crippen molar-refractivity contribution in [2.24, 2.45) is 0 Å². The van der Waals surface area contributed by atoms with Crippen molar-refractivity contribution in [2.75, 3.05) is 11.9 Å². The van der Waals surface area contributed by atoms with Gasteiger partial charge in [0.1, 0.15) is 18.1 Å². The van der Waals surface area contributed by atoms with Gasteiger partial charge in [-0.15, -0.1) is 0 Å². The molecule has 0 unspecified atom stereocenters. The smallest absolute Gasteiger partial charge is 0.271 e. The van der Waals surface area contributed by atoms with Crippen LogP contribution in [0, 0.1) is 10.1 Å². The summed E-state index contributed by atoms with van der Waals surface area (Å²) in [6, 6.07) is 17.7.